The van der Waals surface area contributed by atoms with Crippen molar-refractivity contribution in [3.05, 3.63) is 54.3 Å². The van der Waals surface area contributed by atoms with Gasteiger partial charge in [0.2, 0.25) is 0 Å². The Morgan fingerprint density at radius 1 is 1.33 bits per heavy atom. The predicted octanol–water partition coefficient (Wildman–Crippen LogP) is 3.16. The lowest BCUT2D eigenvalue weighted by Crippen LogP contribution is -1.85. The third-order valence-corrected chi connectivity index (χ3v) is 1.70. The van der Waals surface area contributed by atoms with E-state index in [1.54, 1.807) is 13.0 Å². The summed E-state index contributed by atoms with van der Waals surface area (Å²) in [5, 5.41) is 9.34. The second-order valence-corrected chi connectivity index (χ2v) is 2.52. The highest BCUT2D eigenvalue weighted by molar-refractivity contribution is 5.74. The van der Waals surface area contributed by atoms with Crippen molar-refractivity contribution < 1.29 is 5.11 Å². The normalized spacial score (nSPS) is 11.2. The lowest BCUT2D eigenvalue weighted by Gasteiger charge is -2.03. The van der Waals surface area contributed by atoms with Crippen molar-refractivity contribution in [3.63, 3.8) is 0 Å². The summed E-state index contributed by atoms with van der Waals surface area (Å²) in [6, 6.07) is 9.61. The SMILES string of the molecule is C=C(/C(O)=C\C)c1ccccc1. The molecule has 1 nitrogen and oxygen atoms in total. The molecule has 1 heteroatoms. The average molecular weight is 160 g/mol. The van der Waals surface area contributed by atoms with Gasteiger partial charge in [0.1, 0.15) is 5.76 Å². The van der Waals surface area contributed by atoms with Crippen LogP contribution in [0.5, 0.6) is 0 Å². The first kappa shape index (κ1) is 8.60. The molecule has 0 radical (unpaired) electrons. The van der Waals surface area contributed by atoms with E-state index in [1.807, 2.05) is 30.3 Å². The van der Waals surface area contributed by atoms with Crippen LogP contribution in [-0.4, -0.2) is 5.11 Å². The van der Waals surface area contributed by atoms with Gasteiger partial charge in [0.15, 0.2) is 0 Å². The lowest BCUT2D eigenvalue weighted by molar-refractivity contribution is 0.437. The van der Waals surface area contributed by atoms with Crippen molar-refractivity contribution >= 4 is 5.57 Å². The van der Waals surface area contributed by atoms with E-state index in [0.29, 0.717) is 5.57 Å². The Morgan fingerprint density at radius 2 is 1.92 bits per heavy atom. The van der Waals surface area contributed by atoms with Gasteiger partial charge in [-0.1, -0.05) is 36.9 Å². The molecule has 1 aromatic carbocycles. The molecule has 0 aliphatic carbocycles. The first-order chi connectivity index (χ1) is 5.75. The zero-order chi connectivity index (χ0) is 8.97. The number of benzene rings is 1. The van der Waals surface area contributed by atoms with Crippen LogP contribution in [-0.2, 0) is 0 Å². The van der Waals surface area contributed by atoms with Crippen LogP contribution in [0.2, 0.25) is 0 Å². The van der Waals surface area contributed by atoms with E-state index in [2.05, 4.69) is 6.58 Å². The van der Waals surface area contributed by atoms with E-state index < -0.39 is 0 Å². The summed E-state index contributed by atoms with van der Waals surface area (Å²) in [5.41, 5.74) is 1.62. The van der Waals surface area contributed by atoms with Crippen molar-refractivity contribution in [2.24, 2.45) is 0 Å². The summed E-state index contributed by atoms with van der Waals surface area (Å²) >= 11 is 0. The Bertz CT molecular complexity index is 296. The molecule has 0 bridgehead atoms. The summed E-state index contributed by atoms with van der Waals surface area (Å²) in [5.74, 6) is 0.237. The maximum Gasteiger partial charge on any atom is 0.118 e. The molecule has 0 saturated carbocycles. The van der Waals surface area contributed by atoms with Crippen molar-refractivity contribution in [2.75, 3.05) is 0 Å². The fourth-order valence-electron chi connectivity index (χ4n) is 0.961. The first-order valence-corrected chi connectivity index (χ1v) is 3.85. The van der Waals surface area contributed by atoms with Crippen LogP contribution in [0, 0.1) is 0 Å². The van der Waals surface area contributed by atoms with Gasteiger partial charge in [0.25, 0.3) is 0 Å². The van der Waals surface area contributed by atoms with Gasteiger partial charge >= 0.3 is 0 Å². The third-order valence-electron chi connectivity index (χ3n) is 1.70. The number of hydrogen-bond donors (Lipinski definition) is 1. The molecular formula is C11H12O. The second-order valence-electron chi connectivity index (χ2n) is 2.52. The van der Waals surface area contributed by atoms with Crippen molar-refractivity contribution in [1.29, 1.82) is 0 Å². The summed E-state index contributed by atoms with van der Waals surface area (Å²) < 4.78 is 0. The number of hydrogen-bond acceptors (Lipinski definition) is 1. The topological polar surface area (TPSA) is 20.2 Å². The Kier molecular flexibility index (Phi) is 2.70. The number of allylic oxidation sites excluding steroid dienone is 2. The van der Waals surface area contributed by atoms with Crippen LogP contribution in [0.4, 0.5) is 0 Å². The van der Waals surface area contributed by atoms with E-state index in [9.17, 15) is 5.11 Å². The number of aliphatic hydroxyl groups excluding tert-OH is 1. The van der Waals surface area contributed by atoms with E-state index in [1.165, 1.54) is 0 Å². The Hall–Kier alpha value is -1.50. The van der Waals surface area contributed by atoms with Crippen LogP contribution in [0.15, 0.2) is 48.7 Å². The molecule has 62 valence electrons. The molecule has 0 aliphatic heterocycles. The highest BCUT2D eigenvalue weighted by atomic mass is 16.3. The first-order valence-electron chi connectivity index (χ1n) is 3.85. The van der Waals surface area contributed by atoms with E-state index >= 15 is 0 Å². The molecule has 0 fully saturated rings. The average Bonchev–Trinajstić information content (AvgIpc) is 2.17. The monoisotopic (exact) mass is 160 g/mol. The Labute approximate surface area is 72.7 Å². The molecule has 1 rings (SSSR count). The zero-order valence-corrected chi connectivity index (χ0v) is 7.12. The highest BCUT2D eigenvalue weighted by Crippen LogP contribution is 2.17. The number of rotatable bonds is 2. The van der Waals surface area contributed by atoms with Crippen LogP contribution >= 0.6 is 0 Å². The molecule has 0 aromatic heterocycles. The van der Waals surface area contributed by atoms with Crippen molar-refractivity contribution in [2.45, 2.75) is 6.92 Å². The van der Waals surface area contributed by atoms with Gasteiger partial charge in [-0.3, -0.25) is 0 Å². The predicted molar refractivity (Wildman–Crippen MR) is 51.9 cm³/mol. The third kappa shape index (κ3) is 1.76. The Morgan fingerprint density at radius 3 is 2.42 bits per heavy atom. The molecule has 0 heterocycles. The molecule has 0 saturated heterocycles. The summed E-state index contributed by atoms with van der Waals surface area (Å²) in [6.45, 7) is 5.56. The molecule has 0 aliphatic rings. The minimum absolute atomic E-state index is 0.237. The van der Waals surface area contributed by atoms with Gasteiger partial charge in [0.05, 0.1) is 0 Å². The smallest absolute Gasteiger partial charge is 0.118 e. The minimum atomic E-state index is 0.237. The molecular weight excluding hydrogens is 148 g/mol. The van der Waals surface area contributed by atoms with Crippen LogP contribution < -0.4 is 0 Å². The molecule has 0 unspecified atom stereocenters. The van der Waals surface area contributed by atoms with Crippen LogP contribution in [0.25, 0.3) is 5.57 Å². The molecule has 0 amide bonds. The largest absolute Gasteiger partial charge is 0.508 e. The maximum absolute atomic E-state index is 9.34. The highest BCUT2D eigenvalue weighted by Gasteiger charge is 2.00. The van der Waals surface area contributed by atoms with Crippen molar-refractivity contribution in [1.82, 2.24) is 0 Å². The molecule has 12 heavy (non-hydrogen) atoms. The van der Waals surface area contributed by atoms with Gasteiger partial charge in [-0.2, -0.15) is 0 Å². The minimum Gasteiger partial charge on any atom is -0.508 e. The van der Waals surface area contributed by atoms with Crippen LogP contribution in [0.1, 0.15) is 12.5 Å². The van der Waals surface area contributed by atoms with Gasteiger partial charge in [-0.05, 0) is 18.6 Å². The fraction of sp³-hybridized carbons (Fsp3) is 0.0909. The molecule has 0 atom stereocenters. The standard InChI is InChI=1S/C11H12O/c1-3-11(12)9(2)10-7-5-4-6-8-10/h3-8,12H,2H2,1H3/b11-3+. The van der Waals surface area contributed by atoms with E-state index in [4.69, 9.17) is 0 Å². The van der Waals surface area contributed by atoms with Gasteiger partial charge in [0, 0.05) is 5.57 Å². The number of aliphatic hydroxyl groups is 1. The molecule has 0 spiro atoms. The lowest BCUT2D eigenvalue weighted by atomic mass is 10.1. The van der Waals surface area contributed by atoms with Gasteiger partial charge in [-0.15, -0.1) is 0 Å². The maximum atomic E-state index is 9.34. The summed E-state index contributed by atoms with van der Waals surface area (Å²) in [4.78, 5) is 0. The quantitative estimate of drug-likeness (QED) is 0.520. The van der Waals surface area contributed by atoms with E-state index in [-0.39, 0.29) is 5.76 Å². The second kappa shape index (κ2) is 3.77. The fourth-order valence-corrected chi connectivity index (χ4v) is 0.961. The van der Waals surface area contributed by atoms with Crippen molar-refractivity contribution in [3.8, 4) is 0 Å². The zero-order valence-electron chi connectivity index (χ0n) is 7.12. The van der Waals surface area contributed by atoms with Gasteiger partial charge < -0.3 is 5.11 Å². The summed E-state index contributed by atoms with van der Waals surface area (Å²) in [6.07, 6.45) is 1.63. The molecule has 1 aromatic rings. The van der Waals surface area contributed by atoms with E-state index in [0.717, 1.165) is 5.56 Å². The summed E-state index contributed by atoms with van der Waals surface area (Å²) in [7, 11) is 0. The molecule has 1 N–H and O–H groups in total. The Balaban J connectivity index is 2.94. The van der Waals surface area contributed by atoms with Gasteiger partial charge in [-0.25, -0.2) is 0 Å². The van der Waals surface area contributed by atoms with Crippen LogP contribution in [0.3, 0.4) is 0 Å².